The second-order valence-corrected chi connectivity index (χ2v) is 5.76. The summed E-state index contributed by atoms with van der Waals surface area (Å²) in [5.74, 6) is -1.55. The summed E-state index contributed by atoms with van der Waals surface area (Å²) in [4.78, 5) is 15.3. The third kappa shape index (κ3) is 3.01. The number of carboxylic acids is 1. The number of hydrogen-bond acceptors (Lipinski definition) is 5. The minimum atomic E-state index is -1.11. The van der Waals surface area contributed by atoms with E-state index in [9.17, 15) is 9.18 Å². The van der Waals surface area contributed by atoms with E-state index in [4.69, 9.17) is 10.4 Å². The van der Waals surface area contributed by atoms with Crippen molar-refractivity contribution in [3.8, 4) is 6.07 Å². The molecule has 0 spiro atoms. The molecule has 1 aromatic carbocycles. The number of halogens is 1. The average Bonchev–Trinajstić information content (AvgIpc) is 2.90. The van der Waals surface area contributed by atoms with Gasteiger partial charge in [0.05, 0.1) is 23.0 Å². The van der Waals surface area contributed by atoms with Gasteiger partial charge in [0, 0.05) is 5.38 Å². The Morgan fingerprint density at radius 1 is 1.52 bits per heavy atom. The number of benzene rings is 1. The maximum Gasteiger partial charge on any atom is 0.315 e. The maximum atomic E-state index is 13.8. The van der Waals surface area contributed by atoms with Crippen LogP contribution < -0.4 is 5.32 Å². The SMILES string of the molecule is CC(C)(C(=O)O)c1csc(Nc2ccc(C#N)cc2F)n1. The lowest BCUT2D eigenvalue weighted by atomic mass is 9.90. The van der Waals surface area contributed by atoms with Crippen LogP contribution in [0.25, 0.3) is 0 Å². The molecule has 7 heteroatoms. The van der Waals surface area contributed by atoms with Gasteiger partial charge in [-0.3, -0.25) is 4.79 Å². The first-order chi connectivity index (χ1) is 9.84. The molecule has 108 valence electrons. The Morgan fingerprint density at radius 3 is 2.81 bits per heavy atom. The van der Waals surface area contributed by atoms with Crippen molar-refractivity contribution in [1.29, 1.82) is 5.26 Å². The molecule has 5 nitrogen and oxygen atoms in total. The number of rotatable bonds is 4. The molecule has 0 aliphatic carbocycles. The summed E-state index contributed by atoms with van der Waals surface area (Å²) in [5, 5.41) is 22.6. The second kappa shape index (κ2) is 5.50. The molecule has 0 atom stereocenters. The smallest absolute Gasteiger partial charge is 0.315 e. The summed E-state index contributed by atoms with van der Waals surface area (Å²) in [5.41, 5.74) is -0.302. The van der Waals surface area contributed by atoms with E-state index >= 15 is 0 Å². The van der Waals surface area contributed by atoms with Gasteiger partial charge in [-0.2, -0.15) is 5.26 Å². The molecule has 1 aromatic heterocycles. The zero-order valence-electron chi connectivity index (χ0n) is 11.3. The van der Waals surface area contributed by atoms with Gasteiger partial charge in [0.1, 0.15) is 11.2 Å². The fourth-order valence-electron chi connectivity index (χ4n) is 1.53. The van der Waals surface area contributed by atoms with Crippen LogP contribution in [0.15, 0.2) is 23.6 Å². The van der Waals surface area contributed by atoms with Gasteiger partial charge in [0.2, 0.25) is 0 Å². The van der Waals surface area contributed by atoms with Crippen LogP contribution in [-0.2, 0) is 10.2 Å². The Labute approximate surface area is 124 Å². The van der Waals surface area contributed by atoms with Crippen LogP contribution in [0.1, 0.15) is 25.1 Å². The van der Waals surface area contributed by atoms with E-state index < -0.39 is 17.2 Å². The normalized spacial score (nSPS) is 11.0. The molecular weight excluding hydrogens is 293 g/mol. The molecular formula is C14H12FN3O2S. The van der Waals surface area contributed by atoms with Crippen molar-refractivity contribution in [2.45, 2.75) is 19.3 Å². The largest absolute Gasteiger partial charge is 0.481 e. The predicted molar refractivity (Wildman–Crippen MR) is 77.2 cm³/mol. The van der Waals surface area contributed by atoms with E-state index in [1.165, 1.54) is 23.5 Å². The molecule has 2 N–H and O–H groups in total. The van der Waals surface area contributed by atoms with Crippen LogP contribution in [0.3, 0.4) is 0 Å². The first-order valence-electron chi connectivity index (χ1n) is 6.00. The molecule has 0 aliphatic heterocycles. The van der Waals surface area contributed by atoms with Crippen LogP contribution >= 0.6 is 11.3 Å². The number of nitrogens with one attached hydrogen (secondary N) is 1. The van der Waals surface area contributed by atoms with Gasteiger partial charge in [0.15, 0.2) is 5.13 Å². The molecule has 21 heavy (non-hydrogen) atoms. The highest BCUT2D eigenvalue weighted by atomic mass is 32.1. The number of carboxylic acid groups (broad SMARTS) is 1. The average molecular weight is 305 g/mol. The standard InChI is InChI=1S/C14H12FN3O2S/c1-14(2,12(19)20)11-7-21-13(18-11)17-10-4-3-8(6-16)5-9(10)15/h3-5,7H,1-2H3,(H,17,18)(H,19,20). The van der Waals surface area contributed by atoms with Gasteiger partial charge in [-0.1, -0.05) is 0 Å². The number of thiazole rings is 1. The van der Waals surface area contributed by atoms with Gasteiger partial charge < -0.3 is 10.4 Å². The molecule has 2 rings (SSSR count). The Kier molecular flexibility index (Phi) is 3.91. The van der Waals surface area contributed by atoms with E-state index in [1.54, 1.807) is 19.2 Å². The van der Waals surface area contributed by atoms with E-state index in [0.29, 0.717) is 10.8 Å². The second-order valence-electron chi connectivity index (χ2n) is 4.90. The lowest BCUT2D eigenvalue weighted by Crippen LogP contribution is -2.28. The van der Waals surface area contributed by atoms with E-state index in [1.807, 2.05) is 6.07 Å². The van der Waals surface area contributed by atoms with Crippen LogP contribution in [0.5, 0.6) is 0 Å². The summed E-state index contributed by atoms with van der Waals surface area (Å²) in [6.07, 6.45) is 0. The number of aliphatic carboxylic acids is 1. The van der Waals surface area contributed by atoms with Gasteiger partial charge in [-0.05, 0) is 32.0 Å². The van der Waals surface area contributed by atoms with Crippen molar-refractivity contribution in [2.24, 2.45) is 0 Å². The lowest BCUT2D eigenvalue weighted by Gasteiger charge is -2.15. The van der Waals surface area contributed by atoms with Gasteiger partial charge in [0.25, 0.3) is 0 Å². The Balaban J connectivity index is 2.24. The number of anilines is 2. The summed E-state index contributed by atoms with van der Waals surface area (Å²) >= 11 is 1.19. The molecule has 0 saturated heterocycles. The zero-order chi connectivity index (χ0) is 15.6. The molecule has 0 unspecified atom stereocenters. The minimum Gasteiger partial charge on any atom is -0.481 e. The lowest BCUT2D eigenvalue weighted by molar-refractivity contribution is -0.142. The molecule has 0 fully saturated rings. The van der Waals surface area contributed by atoms with Gasteiger partial charge in [-0.25, -0.2) is 9.37 Å². The van der Waals surface area contributed by atoms with Crippen LogP contribution in [0, 0.1) is 17.1 Å². The van der Waals surface area contributed by atoms with Crippen molar-refractivity contribution in [1.82, 2.24) is 4.98 Å². The highest BCUT2D eigenvalue weighted by Gasteiger charge is 2.32. The van der Waals surface area contributed by atoms with Gasteiger partial charge >= 0.3 is 5.97 Å². The third-order valence-corrected chi connectivity index (χ3v) is 3.78. The highest BCUT2D eigenvalue weighted by molar-refractivity contribution is 7.13. The van der Waals surface area contributed by atoms with Crippen LogP contribution in [0.4, 0.5) is 15.2 Å². The number of hydrogen-bond donors (Lipinski definition) is 2. The third-order valence-electron chi connectivity index (χ3n) is 3.02. The van der Waals surface area contributed by atoms with Gasteiger partial charge in [-0.15, -0.1) is 11.3 Å². The van der Waals surface area contributed by atoms with Crippen molar-refractivity contribution < 1.29 is 14.3 Å². The molecule has 0 radical (unpaired) electrons. The van der Waals surface area contributed by atoms with Crippen LogP contribution in [0.2, 0.25) is 0 Å². The fourth-order valence-corrected chi connectivity index (χ4v) is 2.42. The quantitative estimate of drug-likeness (QED) is 0.905. The van der Waals surface area contributed by atoms with Crippen molar-refractivity contribution in [3.63, 3.8) is 0 Å². The Bertz CT molecular complexity index is 734. The summed E-state index contributed by atoms with van der Waals surface area (Å²) in [6.45, 7) is 3.10. The first kappa shape index (κ1) is 14.9. The Hall–Kier alpha value is -2.46. The molecule has 0 aliphatic rings. The molecule has 2 aromatic rings. The number of nitriles is 1. The molecule has 0 amide bonds. The summed E-state index contributed by atoms with van der Waals surface area (Å²) in [6, 6.07) is 5.90. The van der Waals surface area contributed by atoms with E-state index in [0.717, 1.165) is 6.07 Å². The molecule has 0 saturated carbocycles. The van der Waals surface area contributed by atoms with Crippen molar-refractivity contribution in [2.75, 3.05) is 5.32 Å². The van der Waals surface area contributed by atoms with E-state index in [-0.39, 0.29) is 11.3 Å². The van der Waals surface area contributed by atoms with E-state index in [2.05, 4.69) is 10.3 Å². The summed E-state index contributed by atoms with van der Waals surface area (Å²) < 4.78 is 13.8. The maximum absolute atomic E-state index is 13.8. The number of carbonyl (C=O) groups is 1. The highest BCUT2D eigenvalue weighted by Crippen LogP contribution is 2.29. The van der Waals surface area contributed by atoms with Crippen molar-refractivity contribution >= 4 is 28.1 Å². The van der Waals surface area contributed by atoms with Crippen LogP contribution in [-0.4, -0.2) is 16.1 Å². The number of aromatic nitrogens is 1. The summed E-state index contributed by atoms with van der Waals surface area (Å²) in [7, 11) is 0. The fraction of sp³-hybridized carbons (Fsp3) is 0.214. The monoisotopic (exact) mass is 305 g/mol. The molecule has 1 heterocycles. The first-order valence-corrected chi connectivity index (χ1v) is 6.88. The number of nitrogens with zero attached hydrogens (tertiary/aromatic N) is 2. The van der Waals surface area contributed by atoms with Crippen molar-refractivity contribution in [3.05, 3.63) is 40.7 Å². The molecule has 0 bridgehead atoms. The topological polar surface area (TPSA) is 86.0 Å². The Morgan fingerprint density at radius 2 is 2.24 bits per heavy atom. The minimum absolute atomic E-state index is 0.183. The zero-order valence-corrected chi connectivity index (χ0v) is 12.2. The predicted octanol–water partition coefficient (Wildman–Crippen LogP) is 3.26.